The van der Waals surface area contributed by atoms with Crippen molar-refractivity contribution in [2.24, 2.45) is 0 Å². The molecule has 0 aromatic rings. The van der Waals surface area contributed by atoms with Gasteiger partial charge in [0.25, 0.3) is 6.47 Å². The van der Waals surface area contributed by atoms with Crippen molar-refractivity contribution in [2.45, 2.75) is 30.6 Å². The first-order chi connectivity index (χ1) is 5.21. The molecule has 1 atom stereocenters. The van der Waals surface area contributed by atoms with Crippen LogP contribution in [0.4, 0.5) is 0 Å². The van der Waals surface area contributed by atoms with Crippen LogP contribution < -0.4 is 0 Å². The Hall–Kier alpha value is -0.420. The summed E-state index contributed by atoms with van der Waals surface area (Å²) in [6, 6.07) is 0. The van der Waals surface area contributed by atoms with Gasteiger partial charge in [-0.15, -0.1) is 0 Å². The molecular formula is C6H9O4S-. The van der Waals surface area contributed by atoms with E-state index in [4.69, 9.17) is 0 Å². The van der Waals surface area contributed by atoms with Crippen molar-refractivity contribution >= 4 is 17.6 Å². The molecular weight excluding hydrogens is 168 g/mol. The summed E-state index contributed by atoms with van der Waals surface area (Å²) in [6.45, 7) is 0.209. The van der Waals surface area contributed by atoms with Crippen LogP contribution in [0, 0.1) is 0 Å². The molecule has 0 saturated heterocycles. The number of hydrogen-bond acceptors (Lipinski definition) is 4. The maximum absolute atomic E-state index is 10.6. The molecule has 0 spiro atoms. The van der Waals surface area contributed by atoms with Gasteiger partial charge in [-0.1, -0.05) is 0 Å². The van der Waals surface area contributed by atoms with Gasteiger partial charge in [-0.05, 0) is 36.8 Å². The maximum atomic E-state index is 10.6. The zero-order valence-corrected chi connectivity index (χ0v) is 6.76. The van der Waals surface area contributed by atoms with Crippen molar-refractivity contribution < 1.29 is 18.3 Å². The Balaban J connectivity index is 2.69. The highest BCUT2D eigenvalue weighted by Gasteiger charge is 2.36. The number of carbonyl (C=O) groups excluding carboxylic acids is 1. The fourth-order valence-corrected chi connectivity index (χ4v) is 2.07. The highest BCUT2D eigenvalue weighted by molar-refractivity contribution is 7.80. The predicted molar refractivity (Wildman–Crippen MR) is 37.3 cm³/mol. The SMILES string of the molecule is O=COC1(S(=O)[O-])CCCC1. The Morgan fingerprint density at radius 1 is 1.45 bits per heavy atom. The number of rotatable bonds is 3. The molecule has 4 nitrogen and oxygen atoms in total. The van der Waals surface area contributed by atoms with E-state index in [0.717, 1.165) is 12.8 Å². The molecule has 64 valence electrons. The Morgan fingerprint density at radius 2 is 2.00 bits per heavy atom. The normalized spacial score (nSPS) is 24.5. The van der Waals surface area contributed by atoms with Gasteiger partial charge in [-0.2, -0.15) is 0 Å². The summed E-state index contributed by atoms with van der Waals surface area (Å²) in [5.74, 6) is 0. The van der Waals surface area contributed by atoms with Gasteiger partial charge >= 0.3 is 0 Å². The van der Waals surface area contributed by atoms with E-state index in [1.807, 2.05) is 0 Å². The zero-order chi connectivity index (χ0) is 8.32. The summed E-state index contributed by atoms with van der Waals surface area (Å²) in [6.07, 6.45) is 2.48. The van der Waals surface area contributed by atoms with E-state index in [1.54, 1.807) is 0 Å². The highest BCUT2D eigenvalue weighted by Crippen LogP contribution is 2.34. The first-order valence-electron chi connectivity index (χ1n) is 3.42. The van der Waals surface area contributed by atoms with E-state index in [0.29, 0.717) is 12.8 Å². The van der Waals surface area contributed by atoms with E-state index in [2.05, 4.69) is 4.74 Å². The minimum absolute atomic E-state index is 0.209. The van der Waals surface area contributed by atoms with E-state index in [1.165, 1.54) is 0 Å². The fourth-order valence-electron chi connectivity index (χ4n) is 1.33. The third kappa shape index (κ3) is 1.59. The van der Waals surface area contributed by atoms with Gasteiger partial charge in [0.05, 0.1) is 0 Å². The molecule has 5 heteroatoms. The smallest absolute Gasteiger partial charge is 0.294 e. The lowest BCUT2D eigenvalue weighted by molar-refractivity contribution is -0.136. The second-order valence-electron chi connectivity index (χ2n) is 2.57. The van der Waals surface area contributed by atoms with Gasteiger partial charge in [0.15, 0.2) is 4.93 Å². The fraction of sp³-hybridized carbons (Fsp3) is 0.833. The summed E-state index contributed by atoms with van der Waals surface area (Å²) in [5, 5.41) is 0. The standard InChI is InChI=1S/C6H10O4S/c7-5-10-6(11(8)9)3-1-2-4-6/h5H,1-4H2,(H,8,9)/p-1. The van der Waals surface area contributed by atoms with Crippen LogP contribution in [0.1, 0.15) is 25.7 Å². The van der Waals surface area contributed by atoms with Gasteiger partial charge in [-0.25, -0.2) is 0 Å². The van der Waals surface area contributed by atoms with Crippen LogP contribution >= 0.6 is 0 Å². The second kappa shape index (κ2) is 3.32. The molecule has 0 amide bonds. The van der Waals surface area contributed by atoms with E-state index < -0.39 is 16.0 Å². The summed E-state index contributed by atoms with van der Waals surface area (Å²) in [4.78, 5) is 8.77. The summed E-state index contributed by atoms with van der Waals surface area (Å²) in [5.41, 5.74) is 0. The lowest BCUT2D eigenvalue weighted by atomic mass is 10.3. The van der Waals surface area contributed by atoms with Gasteiger partial charge in [0.1, 0.15) is 0 Å². The van der Waals surface area contributed by atoms with Crippen LogP contribution in [0.2, 0.25) is 0 Å². The highest BCUT2D eigenvalue weighted by atomic mass is 32.2. The molecule has 0 aliphatic heterocycles. The van der Waals surface area contributed by atoms with Crippen LogP contribution in [0.25, 0.3) is 0 Å². The summed E-state index contributed by atoms with van der Waals surface area (Å²) in [7, 11) is 0. The summed E-state index contributed by atoms with van der Waals surface area (Å²) < 4.78 is 25.8. The molecule has 0 N–H and O–H groups in total. The van der Waals surface area contributed by atoms with Crippen molar-refractivity contribution in [3.05, 3.63) is 0 Å². The van der Waals surface area contributed by atoms with Crippen LogP contribution in [0.3, 0.4) is 0 Å². The first-order valence-corrected chi connectivity index (χ1v) is 4.50. The van der Waals surface area contributed by atoms with Crippen molar-refractivity contribution in [1.29, 1.82) is 0 Å². The summed E-state index contributed by atoms with van der Waals surface area (Å²) >= 11 is -2.30. The molecule has 1 unspecified atom stereocenters. The molecule has 1 saturated carbocycles. The lowest BCUT2D eigenvalue weighted by Gasteiger charge is -2.28. The third-order valence-corrected chi connectivity index (χ3v) is 3.04. The van der Waals surface area contributed by atoms with Crippen LogP contribution in [0.5, 0.6) is 0 Å². The van der Waals surface area contributed by atoms with E-state index >= 15 is 0 Å². The van der Waals surface area contributed by atoms with Gasteiger partial charge < -0.3 is 9.29 Å². The predicted octanol–water partition coefficient (Wildman–Crippen LogP) is 0.309. The van der Waals surface area contributed by atoms with Crippen molar-refractivity contribution in [1.82, 2.24) is 0 Å². The van der Waals surface area contributed by atoms with E-state index in [-0.39, 0.29) is 6.47 Å². The quantitative estimate of drug-likeness (QED) is 0.459. The monoisotopic (exact) mass is 177 g/mol. The van der Waals surface area contributed by atoms with Gasteiger partial charge in [-0.3, -0.25) is 9.00 Å². The minimum atomic E-state index is -2.30. The van der Waals surface area contributed by atoms with Crippen LogP contribution in [0.15, 0.2) is 0 Å². The molecule has 0 bridgehead atoms. The van der Waals surface area contributed by atoms with Crippen LogP contribution in [-0.4, -0.2) is 20.2 Å². The average Bonchev–Trinajstić information content (AvgIpc) is 2.38. The molecule has 1 aliphatic carbocycles. The van der Waals surface area contributed by atoms with Gasteiger partial charge in [0.2, 0.25) is 0 Å². The van der Waals surface area contributed by atoms with E-state index in [9.17, 15) is 13.6 Å². The molecule has 1 rings (SSSR count). The van der Waals surface area contributed by atoms with Crippen LogP contribution in [-0.2, 0) is 20.6 Å². The largest absolute Gasteiger partial charge is 0.769 e. The number of hydrogen-bond donors (Lipinski definition) is 0. The average molecular weight is 177 g/mol. The number of carbonyl (C=O) groups is 1. The van der Waals surface area contributed by atoms with Gasteiger partial charge in [0, 0.05) is 0 Å². The zero-order valence-electron chi connectivity index (χ0n) is 5.95. The van der Waals surface area contributed by atoms with Crippen molar-refractivity contribution in [3.63, 3.8) is 0 Å². The first kappa shape index (κ1) is 8.67. The minimum Gasteiger partial charge on any atom is -0.769 e. The molecule has 0 aromatic carbocycles. The molecule has 11 heavy (non-hydrogen) atoms. The number of ether oxygens (including phenoxy) is 1. The molecule has 1 aliphatic rings. The maximum Gasteiger partial charge on any atom is 0.294 e. The topological polar surface area (TPSA) is 66.4 Å². The Kier molecular flexibility index (Phi) is 2.62. The Morgan fingerprint density at radius 3 is 2.36 bits per heavy atom. The third-order valence-electron chi connectivity index (χ3n) is 1.93. The molecule has 0 heterocycles. The van der Waals surface area contributed by atoms with Crippen molar-refractivity contribution in [2.75, 3.05) is 0 Å². The second-order valence-corrected chi connectivity index (χ2v) is 3.78. The van der Waals surface area contributed by atoms with Crippen molar-refractivity contribution in [3.8, 4) is 0 Å². The molecule has 1 fully saturated rings. The Labute approximate surface area is 67.2 Å². The lowest BCUT2D eigenvalue weighted by Crippen LogP contribution is -2.33. The Bertz CT molecular complexity index is 173. The molecule has 0 radical (unpaired) electrons. The molecule has 0 aromatic heterocycles.